The molecule has 4 nitrogen and oxygen atoms in total. The van der Waals surface area contributed by atoms with Gasteiger partial charge < -0.3 is 10.0 Å². The number of carboxylic acid groups (broad SMARTS) is 1. The van der Waals surface area contributed by atoms with Gasteiger partial charge in [0, 0.05) is 23.6 Å². The monoisotopic (exact) mass is 315 g/mol. The molecule has 0 spiro atoms. The number of thioether (sulfide) groups is 1. The summed E-state index contributed by atoms with van der Waals surface area (Å²) in [6, 6.07) is 3.50. The summed E-state index contributed by atoms with van der Waals surface area (Å²) in [5.41, 5.74) is 0. The molecule has 1 aromatic rings. The van der Waals surface area contributed by atoms with Crippen LogP contribution in [0, 0.1) is 11.6 Å². The Kier molecular flexibility index (Phi) is 6.87. The Morgan fingerprint density at radius 2 is 2.05 bits per heavy atom. The van der Waals surface area contributed by atoms with Crippen molar-refractivity contribution < 1.29 is 23.5 Å². The highest BCUT2D eigenvalue weighted by Gasteiger charge is 2.15. The summed E-state index contributed by atoms with van der Waals surface area (Å²) in [5.74, 6) is -2.94. The maximum absolute atomic E-state index is 13.0. The smallest absolute Gasteiger partial charge is 0.323 e. The molecular formula is C14H15F2NO3S. The largest absolute Gasteiger partial charge is 0.480 e. The second-order valence-electron chi connectivity index (χ2n) is 4.13. The van der Waals surface area contributed by atoms with E-state index in [1.54, 1.807) is 0 Å². The second-order valence-corrected chi connectivity index (χ2v) is 5.30. The molecule has 0 radical (unpaired) electrons. The molecule has 1 aromatic carbocycles. The number of carboxylic acids is 1. The third kappa shape index (κ3) is 5.95. The lowest BCUT2D eigenvalue weighted by Crippen LogP contribution is -2.35. The van der Waals surface area contributed by atoms with Gasteiger partial charge in [0.05, 0.1) is 0 Å². The Labute approximate surface area is 125 Å². The minimum atomic E-state index is -1.10. The number of rotatable bonds is 8. The summed E-state index contributed by atoms with van der Waals surface area (Å²) < 4.78 is 25.7. The molecular weight excluding hydrogens is 300 g/mol. The number of halogens is 2. The van der Waals surface area contributed by atoms with Gasteiger partial charge in [-0.2, -0.15) is 0 Å². The lowest BCUT2D eigenvalue weighted by molar-refractivity contribution is -0.143. The summed E-state index contributed by atoms with van der Waals surface area (Å²) in [4.78, 5) is 24.2. The summed E-state index contributed by atoms with van der Waals surface area (Å²) in [7, 11) is 0. The molecule has 0 heterocycles. The van der Waals surface area contributed by atoms with Crippen molar-refractivity contribution >= 4 is 23.6 Å². The van der Waals surface area contributed by atoms with Crippen LogP contribution < -0.4 is 0 Å². The van der Waals surface area contributed by atoms with E-state index in [-0.39, 0.29) is 25.4 Å². The number of carbonyl (C=O) groups is 2. The van der Waals surface area contributed by atoms with Gasteiger partial charge in [0.2, 0.25) is 5.91 Å². The predicted molar refractivity (Wildman–Crippen MR) is 76.1 cm³/mol. The standard InChI is InChI=1S/C14H15F2NO3S/c1-2-6-17(9-14(19)20)13(18)5-7-21-10-3-4-11(15)12(16)8-10/h2-4,8H,1,5-7,9H2,(H,19,20). The van der Waals surface area contributed by atoms with Crippen LogP contribution in [-0.2, 0) is 9.59 Å². The molecule has 0 aliphatic rings. The number of hydrogen-bond donors (Lipinski definition) is 1. The molecule has 0 aromatic heterocycles. The van der Waals surface area contributed by atoms with E-state index in [9.17, 15) is 18.4 Å². The summed E-state index contributed by atoms with van der Waals surface area (Å²) >= 11 is 1.20. The minimum Gasteiger partial charge on any atom is -0.480 e. The molecule has 1 rings (SSSR count). The average Bonchev–Trinajstić information content (AvgIpc) is 2.41. The van der Waals surface area contributed by atoms with Crippen LogP contribution in [0.25, 0.3) is 0 Å². The van der Waals surface area contributed by atoms with Crippen LogP contribution in [0.2, 0.25) is 0 Å². The van der Waals surface area contributed by atoms with Crippen molar-refractivity contribution in [2.45, 2.75) is 11.3 Å². The number of carbonyl (C=O) groups excluding carboxylic acids is 1. The fourth-order valence-electron chi connectivity index (χ4n) is 1.55. The van der Waals surface area contributed by atoms with E-state index >= 15 is 0 Å². The Bertz CT molecular complexity index is 537. The fourth-order valence-corrected chi connectivity index (χ4v) is 2.42. The summed E-state index contributed by atoms with van der Waals surface area (Å²) in [6.07, 6.45) is 1.55. The van der Waals surface area contributed by atoms with Crippen molar-refractivity contribution in [3.8, 4) is 0 Å². The zero-order valence-corrected chi connectivity index (χ0v) is 12.0. The van der Waals surface area contributed by atoms with Gasteiger partial charge in [-0.3, -0.25) is 9.59 Å². The van der Waals surface area contributed by atoms with E-state index in [1.807, 2.05) is 0 Å². The lowest BCUT2D eigenvalue weighted by Gasteiger charge is -2.18. The Hall–Kier alpha value is -1.89. The molecule has 114 valence electrons. The highest BCUT2D eigenvalue weighted by Crippen LogP contribution is 2.21. The van der Waals surface area contributed by atoms with Crippen LogP contribution in [0.3, 0.4) is 0 Å². The molecule has 0 unspecified atom stereocenters. The molecule has 0 aliphatic heterocycles. The van der Waals surface area contributed by atoms with Crippen molar-refractivity contribution in [3.63, 3.8) is 0 Å². The first-order valence-electron chi connectivity index (χ1n) is 6.12. The van der Waals surface area contributed by atoms with E-state index in [4.69, 9.17) is 5.11 Å². The average molecular weight is 315 g/mol. The van der Waals surface area contributed by atoms with E-state index in [0.717, 1.165) is 12.1 Å². The van der Waals surface area contributed by atoms with Crippen LogP contribution in [0.15, 0.2) is 35.7 Å². The summed E-state index contributed by atoms with van der Waals surface area (Å²) in [6.45, 7) is 3.23. The lowest BCUT2D eigenvalue weighted by atomic mass is 10.3. The van der Waals surface area contributed by atoms with E-state index in [0.29, 0.717) is 10.6 Å². The first kappa shape index (κ1) is 17.2. The summed E-state index contributed by atoms with van der Waals surface area (Å²) in [5, 5.41) is 8.71. The molecule has 0 bridgehead atoms. The Balaban J connectivity index is 2.48. The number of benzene rings is 1. The van der Waals surface area contributed by atoms with Gasteiger partial charge in [0.15, 0.2) is 11.6 Å². The van der Waals surface area contributed by atoms with Gasteiger partial charge in [0.25, 0.3) is 0 Å². The maximum atomic E-state index is 13.0. The highest BCUT2D eigenvalue weighted by molar-refractivity contribution is 7.99. The molecule has 1 amide bonds. The van der Waals surface area contributed by atoms with Gasteiger partial charge in [-0.1, -0.05) is 6.08 Å². The van der Waals surface area contributed by atoms with Gasteiger partial charge in [-0.15, -0.1) is 18.3 Å². The highest BCUT2D eigenvalue weighted by atomic mass is 32.2. The van der Waals surface area contributed by atoms with Crippen molar-refractivity contribution in [1.29, 1.82) is 0 Å². The van der Waals surface area contributed by atoms with Crippen molar-refractivity contribution in [3.05, 3.63) is 42.5 Å². The molecule has 21 heavy (non-hydrogen) atoms. The maximum Gasteiger partial charge on any atom is 0.323 e. The first-order chi connectivity index (χ1) is 9.93. The van der Waals surface area contributed by atoms with E-state index in [1.165, 1.54) is 28.8 Å². The first-order valence-corrected chi connectivity index (χ1v) is 7.11. The SMILES string of the molecule is C=CCN(CC(=O)O)C(=O)CCSc1ccc(F)c(F)c1. The normalized spacial score (nSPS) is 10.2. The second kappa shape index (κ2) is 8.41. The molecule has 0 saturated carbocycles. The van der Waals surface area contributed by atoms with Gasteiger partial charge in [-0.25, -0.2) is 8.78 Å². The fraction of sp³-hybridized carbons (Fsp3) is 0.286. The van der Waals surface area contributed by atoms with Crippen LogP contribution in [-0.4, -0.2) is 40.7 Å². The third-order valence-electron chi connectivity index (χ3n) is 2.50. The van der Waals surface area contributed by atoms with Gasteiger partial charge in [-0.05, 0) is 18.2 Å². The third-order valence-corrected chi connectivity index (χ3v) is 3.50. The quantitative estimate of drug-likeness (QED) is 0.592. The number of amides is 1. The molecule has 0 saturated heterocycles. The van der Waals surface area contributed by atoms with Crippen molar-refractivity contribution in [1.82, 2.24) is 4.90 Å². The van der Waals surface area contributed by atoms with Gasteiger partial charge in [0.1, 0.15) is 6.54 Å². The van der Waals surface area contributed by atoms with Crippen LogP contribution >= 0.6 is 11.8 Å². The van der Waals surface area contributed by atoms with Crippen LogP contribution in [0.5, 0.6) is 0 Å². The van der Waals surface area contributed by atoms with Crippen molar-refractivity contribution in [2.75, 3.05) is 18.8 Å². The molecule has 0 aliphatic carbocycles. The molecule has 7 heteroatoms. The molecule has 0 fully saturated rings. The van der Waals surface area contributed by atoms with E-state index in [2.05, 4.69) is 6.58 Å². The number of aliphatic carboxylic acids is 1. The Morgan fingerprint density at radius 1 is 1.33 bits per heavy atom. The number of nitrogens with zero attached hydrogens (tertiary/aromatic N) is 1. The van der Waals surface area contributed by atoms with Crippen LogP contribution in [0.4, 0.5) is 8.78 Å². The molecule has 1 N–H and O–H groups in total. The van der Waals surface area contributed by atoms with Gasteiger partial charge >= 0.3 is 5.97 Å². The molecule has 0 atom stereocenters. The van der Waals surface area contributed by atoms with E-state index < -0.39 is 17.6 Å². The minimum absolute atomic E-state index is 0.102. The number of hydrogen-bond acceptors (Lipinski definition) is 3. The zero-order chi connectivity index (χ0) is 15.8. The predicted octanol–water partition coefficient (Wildman–Crippen LogP) is 2.55. The zero-order valence-electron chi connectivity index (χ0n) is 11.2. The Morgan fingerprint density at radius 3 is 2.62 bits per heavy atom. The van der Waals surface area contributed by atoms with Crippen molar-refractivity contribution in [2.24, 2.45) is 0 Å². The van der Waals surface area contributed by atoms with Crippen LogP contribution in [0.1, 0.15) is 6.42 Å². The topological polar surface area (TPSA) is 57.6 Å².